The van der Waals surface area contributed by atoms with Crippen molar-refractivity contribution in [2.45, 2.75) is 103 Å². The summed E-state index contributed by atoms with van der Waals surface area (Å²) in [6.07, 6.45) is 16.1. The topological polar surface area (TPSA) is 35.5 Å². The van der Waals surface area contributed by atoms with E-state index < -0.39 is 0 Å². The molecule has 0 spiro atoms. The molecule has 0 N–H and O–H groups in total. The van der Waals surface area contributed by atoms with Crippen molar-refractivity contribution in [2.24, 2.45) is 5.92 Å². The quantitative estimate of drug-likeness (QED) is 0.250. The van der Waals surface area contributed by atoms with E-state index in [-0.39, 0.29) is 12.1 Å². The predicted molar refractivity (Wildman–Crippen MR) is 131 cm³/mol. The van der Waals surface area contributed by atoms with Crippen LogP contribution < -0.4 is 4.74 Å². The van der Waals surface area contributed by atoms with Crippen molar-refractivity contribution in [1.29, 1.82) is 0 Å². The van der Waals surface area contributed by atoms with E-state index in [0.29, 0.717) is 11.7 Å². The van der Waals surface area contributed by atoms with Crippen molar-refractivity contribution >= 4 is 17.7 Å². The lowest BCUT2D eigenvalue weighted by molar-refractivity contribution is -0.140. The molecule has 1 aromatic carbocycles. The molecule has 3 nitrogen and oxygen atoms in total. The Morgan fingerprint density at radius 3 is 2.47 bits per heavy atom. The number of benzene rings is 1. The van der Waals surface area contributed by atoms with Gasteiger partial charge in [-0.15, -0.1) is 0 Å². The van der Waals surface area contributed by atoms with Crippen LogP contribution in [0.1, 0.15) is 90.0 Å². The standard InChI is InChI=1S/C18H28OS.C8H16O2/c1-14-8-4-7-11-17(14)19-15(2)18(20-3)13-12-16-9-5-6-10-16;1-3-4-5-6-7-8(9)10-2/h4,7-8,11,15-16,18H,5-6,9-10,12-13H2,1-3H3;3-7H2,1-2H3. The molecule has 1 aliphatic rings. The van der Waals surface area contributed by atoms with E-state index in [1.165, 1.54) is 64.0 Å². The zero-order valence-corrected chi connectivity index (χ0v) is 20.8. The number of carbonyl (C=O) groups excluding carboxylic acids is 1. The van der Waals surface area contributed by atoms with Gasteiger partial charge in [-0.3, -0.25) is 4.79 Å². The summed E-state index contributed by atoms with van der Waals surface area (Å²) < 4.78 is 10.7. The molecule has 0 saturated heterocycles. The molecule has 0 aromatic heterocycles. The fourth-order valence-corrected chi connectivity index (χ4v) is 4.82. The third-order valence-corrected chi connectivity index (χ3v) is 7.25. The van der Waals surface area contributed by atoms with Crippen molar-refractivity contribution in [3.63, 3.8) is 0 Å². The summed E-state index contributed by atoms with van der Waals surface area (Å²) in [6.45, 7) is 6.50. The monoisotopic (exact) mass is 436 g/mol. The second-order valence-corrected chi connectivity index (χ2v) is 9.55. The van der Waals surface area contributed by atoms with Crippen molar-refractivity contribution in [1.82, 2.24) is 0 Å². The van der Waals surface area contributed by atoms with Gasteiger partial charge in [-0.2, -0.15) is 11.8 Å². The molecule has 0 aliphatic heterocycles. The van der Waals surface area contributed by atoms with Gasteiger partial charge in [-0.05, 0) is 56.9 Å². The summed E-state index contributed by atoms with van der Waals surface area (Å²) in [7, 11) is 1.43. The summed E-state index contributed by atoms with van der Waals surface area (Å²) in [4.78, 5) is 10.6. The number of methoxy groups -OCH3 is 1. The lowest BCUT2D eigenvalue weighted by Gasteiger charge is -2.25. The van der Waals surface area contributed by atoms with E-state index in [1.54, 1.807) is 0 Å². The zero-order chi connectivity index (χ0) is 22.2. The van der Waals surface area contributed by atoms with E-state index in [9.17, 15) is 4.79 Å². The second-order valence-electron chi connectivity index (χ2n) is 8.48. The van der Waals surface area contributed by atoms with Crippen molar-refractivity contribution in [3.05, 3.63) is 29.8 Å². The SMILES string of the molecule is CCCCCCC(=O)OC.CSC(CCC1CCCC1)C(C)Oc1ccccc1C. The molecule has 1 aromatic rings. The fraction of sp³-hybridized carbons (Fsp3) is 0.731. The first-order valence-electron chi connectivity index (χ1n) is 11.8. The average molecular weight is 437 g/mol. The molecule has 30 heavy (non-hydrogen) atoms. The number of rotatable bonds is 12. The second kappa shape index (κ2) is 16.5. The number of unbranched alkanes of at least 4 members (excludes halogenated alkanes) is 3. The molecule has 2 rings (SSSR count). The Hall–Kier alpha value is -1.16. The van der Waals surface area contributed by atoms with Crippen LogP contribution in [-0.2, 0) is 9.53 Å². The maximum absolute atomic E-state index is 10.6. The smallest absolute Gasteiger partial charge is 0.305 e. The lowest BCUT2D eigenvalue weighted by atomic mass is 9.99. The first-order chi connectivity index (χ1) is 14.5. The average Bonchev–Trinajstić information content (AvgIpc) is 3.27. The van der Waals surface area contributed by atoms with E-state index in [2.05, 4.69) is 56.0 Å². The molecule has 0 amide bonds. The Kier molecular flexibility index (Phi) is 14.8. The maximum Gasteiger partial charge on any atom is 0.305 e. The van der Waals surface area contributed by atoms with Gasteiger partial charge in [0.15, 0.2) is 0 Å². The number of carbonyl (C=O) groups is 1. The van der Waals surface area contributed by atoms with Gasteiger partial charge in [0.25, 0.3) is 0 Å². The van der Waals surface area contributed by atoms with E-state index in [1.807, 2.05) is 11.8 Å². The lowest BCUT2D eigenvalue weighted by Crippen LogP contribution is -2.26. The van der Waals surface area contributed by atoms with Crippen LogP contribution >= 0.6 is 11.8 Å². The van der Waals surface area contributed by atoms with Gasteiger partial charge in [0.2, 0.25) is 0 Å². The Morgan fingerprint density at radius 1 is 1.17 bits per heavy atom. The fourth-order valence-electron chi connectivity index (χ4n) is 4.01. The third-order valence-electron chi connectivity index (χ3n) is 6.03. The molecule has 1 saturated carbocycles. The molecular weight excluding hydrogens is 392 g/mol. The van der Waals surface area contributed by atoms with Gasteiger partial charge in [0.1, 0.15) is 11.9 Å². The number of thioether (sulfide) groups is 1. The zero-order valence-electron chi connectivity index (χ0n) is 20.0. The van der Waals surface area contributed by atoms with Crippen LogP contribution in [0.25, 0.3) is 0 Å². The Labute approximate surface area is 189 Å². The molecule has 2 atom stereocenters. The molecule has 0 bridgehead atoms. The summed E-state index contributed by atoms with van der Waals surface area (Å²) in [5, 5.41) is 0.607. The first-order valence-corrected chi connectivity index (χ1v) is 13.1. The van der Waals surface area contributed by atoms with Gasteiger partial charge in [0.05, 0.1) is 7.11 Å². The number of aryl methyl sites for hydroxylation is 1. The van der Waals surface area contributed by atoms with Gasteiger partial charge < -0.3 is 9.47 Å². The van der Waals surface area contributed by atoms with E-state index in [4.69, 9.17) is 4.74 Å². The minimum absolute atomic E-state index is 0.0869. The maximum atomic E-state index is 10.6. The Morgan fingerprint density at radius 2 is 1.87 bits per heavy atom. The van der Waals surface area contributed by atoms with Crippen LogP contribution in [0, 0.1) is 12.8 Å². The first kappa shape index (κ1) is 26.9. The van der Waals surface area contributed by atoms with Crippen LogP contribution in [0.4, 0.5) is 0 Å². The van der Waals surface area contributed by atoms with Gasteiger partial charge in [0, 0.05) is 11.7 Å². The minimum atomic E-state index is -0.0869. The molecular formula is C26H44O3S. The highest BCUT2D eigenvalue weighted by Gasteiger charge is 2.22. The van der Waals surface area contributed by atoms with Gasteiger partial charge in [-0.1, -0.05) is 70.1 Å². The predicted octanol–water partition coefficient (Wildman–Crippen LogP) is 7.59. The van der Waals surface area contributed by atoms with Crippen LogP contribution in [0.2, 0.25) is 0 Å². The Bertz CT molecular complexity index is 569. The normalized spacial score (nSPS) is 15.8. The number of ether oxygens (including phenoxy) is 2. The van der Waals surface area contributed by atoms with Crippen LogP contribution in [0.3, 0.4) is 0 Å². The van der Waals surface area contributed by atoms with Crippen molar-refractivity contribution in [2.75, 3.05) is 13.4 Å². The molecule has 0 heterocycles. The van der Waals surface area contributed by atoms with Crippen molar-refractivity contribution < 1.29 is 14.3 Å². The molecule has 172 valence electrons. The Balaban J connectivity index is 0.000000382. The van der Waals surface area contributed by atoms with E-state index >= 15 is 0 Å². The number of para-hydroxylation sites is 1. The van der Waals surface area contributed by atoms with Crippen LogP contribution in [0.15, 0.2) is 24.3 Å². The summed E-state index contributed by atoms with van der Waals surface area (Å²) in [5.74, 6) is 1.94. The summed E-state index contributed by atoms with van der Waals surface area (Å²) in [6, 6.07) is 8.33. The molecule has 1 aliphatic carbocycles. The van der Waals surface area contributed by atoms with Gasteiger partial charge in [-0.25, -0.2) is 0 Å². The highest BCUT2D eigenvalue weighted by Crippen LogP contribution is 2.32. The summed E-state index contributed by atoms with van der Waals surface area (Å²) in [5.41, 5.74) is 1.23. The number of esters is 1. The molecule has 1 fully saturated rings. The number of hydrogen-bond donors (Lipinski definition) is 0. The molecule has 0 radical (unpaired) electrons. The largest absolute Gasteiger partial charge is 0.489 e. The van der Waals surface area contributed by atoms with Crippen molar-refractivity contribution in [3.8, 4) is 5.75 Å². The summed E-state index contributed by atoms with van der Waals surface area (Å²) >= 11 is 1.96. The van der Waals surface area contributed by atoms with Gasteiger partial charge >= 0.3 is 5.97 Å². The minimum Gasteiger partial charge on any atom is -0.489 e. The highest BCUT2D eigenvalue weighted by molar-refractivity contribution is 7.99. The highest BCUT2D eigenvalue weighted by atomic mass is 32.2. The molecule has 2 unspecified atom stereocenters. The molecule has 4 heteroatoms. The van der Waals surface area contributed by atoms with Crippen LogP contribution in [-0.4, -0.2) is 30.7 Å². The number of hydrogen-bond acceptors (Lipinski definition) is 4. The third kappa shape index (κ3) is 11.3. The van der Waals surface area contributed by atoms with E-state index in [0.717, 1.165) is 24.5 Å². The van der Waals surface area contributed by atoms with Crippen LogP contribution in [0.5, 0.6) is 5.75 Å².